The van der Waals surface area contributed by atoms with Crippen molar-refractivity contribution in [1.82, 2.24) is 4.98 Å². The fourth-order valence-corrected chi connectivity index (χ4v) is 3.37. The van der Waals surface area contributed by atoms with Crippen LogP contribution in [0.2, 0.25) is 5.02 Å². The van der Waals surface area contributed by atoms with Crippen LogP contribution in [0.25, 0.3) is 21.3 Å². The van der Waals surface area contributed by atoms with Gasteiger partial charge in [-0.25, -0.2) is 9.78 Å². The molecule has 0 saturated carbocycles. The molecule has 2 aromatic heterocycles. The largest absolute Gasteiger partial charge is 0.464 e. The number of aromatic nitrogens is 1. The normalized spacial score (nSPS) is 10.9. The summed E-state index contributed by atoms with van der Waals surface area (Å²) in [5, 5.41) is 3.33. The van der Waals surface area contributed by atoms with Crippen LogP contribution in [-0.2, 0) is 4.74 Å². The molecule has 3 aromatic rings. The molecular formula is C16H13ClN2O2S. The van der Waals surface area contributed by atoms with Crippen molar-refractivity contribution in [2.24, 2.45) is 0 Å². The van der Waals surface area contributed by atoms with E-state index in [2.05, 4.69) is 11.1 Å². The Morgan fingerprint density at radius 3 is 2.86 bits per heavy atom. The predicted octanol–water partition coefficient (Wildman–Crippen LogP) is 4.29. The number of anilines is 1. The number of pyridine rings is 1. The molecule has 0 aliphatic rings. The van der Waals surface area contributed by atoms with Gasteiger partial charge in [-0.1, -0.05) is 23.7 Å². The number of carbonyl (C=O) groups excluding carboxylic acids is 1. The molecule has 0 bridgehead atoms. The van der Waals surface area contributed by atoms with Crippen molar-refractivity contribution in [3.63, 3.8) is 0 Å². The summed E-state index contributed by atoms with van der Waals surface area (Å²) in [5.74, 6) is -0.602. The van der Waals surface area contributed by atoms with Gasteiger partial charge in [-0.05, 0) is 35.4 Å². The molecule has 0 unspecified atom stereocenters. The van der Waals surface area contributed by atoms with E-state index in [4.69, 9.17) is 22.1 Å². The quantitative estimate of drug-likeness (QED) is 0.711. The SMILES string of the molecule is COC(=O)c1nc(-c2ccc3ccsc3c2)c(C)c(N)c1Cl. The van der Waals surface area contributed by atoms with Crippen molar-refractivity contribution in [2.45, 2.75) is 6.92 Å². The van der Waals surface area contributed by atoms with Crippen molar-refractivity contribution >= 4 is 44.7 Å². The third-order valence-electron chi connectivity index (χ3n) is 3.54. The Balaban J connectivity index is 2.25. The third kappa shape index (κ3) is 2.32. The topological polar surface area (TPSA) is 65.2 Å². The molecule has 22 heavy (non-hydrogen) atoms. The molecule has 2 N–H and O–H groups in total. The molecule has 0 atom stereocenters. The Hall–Kier alpha value is -2.11. The van der Waals surface area contributed by atoms with Gasteiger partial charge in [-0.2, -0.15) is 0 Å². The lowest BCUT2D eigenvalue weighted by atomic mass is 10.0. The molecule has 0 spiro atoms. The molecule has 0 amide bonds. The summed E-state index contributed by atoms with van der Waals surface area (Å²) in [4.78, 5) is 16.2. The Labute approximate surface area is 136 Å². The number of nitrogens with two attached hydrogens (primary N) is 1. The Morgan fingerprint density at radius 1 is 1.36 bits per heavy atom. The molecule has 0 fully saturated rings. The fourth-order valence-electron chi connectivity index (χ4n) is 2.28. The Kier molecular flexibility index (Phi) is 3.76. The summed E-state index contributed by atoms with van der Waals surface area (Å²) in [6.45, 7) is 1.84. The minimum atomic E-state index is -0.602. The summed E-state index contributed by atoms with van der Waals surface area (Å²) < 4.78 is 5.87. The van der Waals surface area contributed by atoms with Crippen molar-refractivity contribution in [3.8, 4) is 11.3 Å². The highest BCUT2D eigenvalue weighted by Crippen LogP contribution is 2.34. The summed E-state index contributed by atoms with van der Waals surface area (Å²) in [6, 6.07) is 8.06. The van der Waals surface area contributed by atoms with Crippen molar-refractivity contribution < 1.29 is 9.53 Å². The number of methoxy groups -OCH3 is 1. The van der Waals surface area contributed by atoms with E-state index in [1.165, 1.54) is 12.5 Å². The van der Waals surface area contributed by atoms with Gasteiger partial charge in [0.25, 0.3) is 0 Å². The van der Waals surface area contributed by atoms with Crippen LogP contribution in [0.3, 0.4) is 0 Å². The van der Waals surface area contributed by atoms with Crippen molar-refractivity contribution in [1.29, 1.82) is 0 Å². The van der Waals surface area contributed by atoms with Crippen LogP contribution in [0.4, 0.5) is 5.69 Å². The van der Waals surface area contributed by atoms with Crippen LogP contribution in [0.1, 0.15) is 16.1 Å². The van der Waals surface area contributed by atoms with Crippen LogP contribution >= 0.6 is 22.9 Å². The van der Waals surface area contributed by atoms with Crippen LogP contribution in [0.15, 0.2) is 29.6 Å². The van der Waals surface area contributed by atoms with Crippen LogP contribution in [0.5, 0.6) is 0 Å². The van der Waals surface area contributed by atoms with Gasteiger partial charge < -0.3 is 10.5 Å². The van der Waals surface area contributed by atoms with Gasteiger partial charge in [0.05, 0.1) is 23.5 Å². The molecule has 0 radical (unpaired) electrons. The third-order valence-corrected chi connectivity index (χ3v) is 4.80. The van der Waals surface area contributed by atoms with E-state index in [-0.39, 0.29) is 10.7 Å². The number of benzene rings is 1. The zero-order valence-corrected chi connectivity index (χ0v) is 13.6. The number of nitrogens with zero attached hydrogens (tertiary/aromatic N) is 1. The van der Waals surface area contributed by atoms with Crippen molar-refractivity contribution in [2.75, 3.05) is 12.8 Å². The second kappa shape index (κ2) is 5.59. The van der Waals surface area contributed by atoms with Crippen LogP contribution in [0, 0.1) is 6.92 Å². The summed E-state index contributed by atoms with van der Waals surface area (Å²) in [6.07, 6.45) is 0. The fraction of sp³-hybridized carbons (Fsp3) is 0.125. The van der Waals surface area contributed by atoms with Crippen LogP contribution in [-0.4, -0.2) is 18.1 Å². The van der Waals surface area contributed by atoms with Gasteiger partial charge in [0, 0.05) is 10.3 Å². The number of esters is 1. The van der Waals surface area contributed by atoms with Gasteiger partial charge in [-0.15, -0.1) is 11.3 Å². The Bertz CT molecular complexity index is 889. The smallest absolute Gasteiger partial charge is 0.358 e. The zero-order valence-electron chi connectivity index (χ0n) is 12.0. The highest BCUT2D eigenvalue weighted by Gasteiger charge is 2.20. The number of fused-ring (bicyclic) bond motifs is 1. The van der Waals surface area contributed by atoms with Crippen LogP contribution < -0.4 is 5.73 Å². The zero-order chi connectivity index (χ0) is 15.9. The molecule has 3 rings (SSSR count). The molecule has 2 heterocycles. The second-order valence-electron chi connectivity index (χ2n) is 4.83. The van der Waals surface area contributed by atoms with E-state index in [1.807, 2.05) is 30.5 Å². The first-order valence-corrected chi connectivity index (χ1v) is 7.80. The molecule has 0 aliphatic carbocycles. The molecule has 4 nitrogen and oxygen atoms in total. The maximum Gasteiger partial charge on any atom is 0.358 e. The number of carbonyl (C=O) groups is 1. The van der Waals surface area contributed by atoms with E-state index in [0.29, 0.717) is 11.4 Å². The average Bonchev–Trinajstić information content (AvgIpc) is 2.99. The molecular weight excluding hydrogens is 320 g/mol. The van der Waals surface area contributed by atoms with Crippen molar-refractivity contribution in [3.05, 3.63) is 45.9 Å². The number of thiophene rings is 1. The highest BCUT2D eigenvalue weighted by molar-refractivity contribution is 7.17. The minimum absolute atomic E-state index is 0.0357. The maximum atomic E-state index is 11.8. The average molecular weight is 333 g/mol. The summed E-state index contributed by atoms with van der Waals surface area (Å²) in [5.41, 5.74) is 8.68. The molecule has 0 saturated heterocycles. The first-order chi connectivity index (χ1) is 10.5. The number of hydrogen-bond donors (Lipinski definition) is 1. The summed E-state index contributed by atoms with van der Waals surface area (Å²) in [7, 11) is 1.29. The lowest BCUT2D eigenvalue weighted by Gasteiger charge is -2.13. The van der Waals surface area contributed by atoms with Gasteiger partial charge in [0.15, 0.2) is 5.69 Å². The first kappa shape index (κ1) is 14.8. The highest BCUT2D eigenvalue weighted by atomic mass is 35.5. The number of halogens is 1. The number of rotatable bonds is 2. The van der Waals surface area contributed by atoms with Gasteiger partial charge >= 0.3 is 5.97 Å². The predicted molar refractivity (Wildman–Crippen MR) is 90.6 cm³/mol. The summed E-state index contributed by atoms with van der Waals surface area (Å²) >= 11 is 7.77. The van der Waals surface area contributed by atoms with E-state index >= 15 is 0 Å². The molecule has 112 valence electrons. The minimum Gasteiger partial charge on any atom is -0.464 e. The number of nitrogen functional groups attached to an aromatic ring is 1. The number of ether oxygens (including phenoxy) is 1. The van der Waals surface area contributed by atoms with E-state index in [1.54, 1.807) is 11.3 Å². The standard InChI is InChI=1S/C16H13ClN2O2S/c1-8-13(18)12(17)15(16(20)21-2)19-14(8)10-4-3-9-5-6-22-11(9)7-10/h3-7H,1-2H3,(H2,18,19). The van der Waals surface area contributed by atoms with Gasteiger partial charge in [-0.3, -0.25) is 0 Å². The molecule has 6 heteroatoms. The first-order valence-electron chi connectivity index (χ1n) is 6.54. The second-order valence-corrected chi connectivity index (χ2v) is 6.15. The number of hydrogen-bond acceptors (Lipinski definition) is 5. The van der Waals surface area contributed by atoms with E-state index < -0.39 is 5.97 Å². The van der Waals surface area contributed by atoms with E-state index in [9.17, 15) is 4.79 Å². The lowest BCUT2D eigenvalue weighted by molar-refractivity contribution is 0.0594. The molecule has 1 aromatic carbocycles. The Morgan fingerprint density at radius 2 is 2.14 bits per heavy atom. The van der Waals surface area contributed by atoms with Gasteiger partial charge in [0.1, 0.15) is 0 Å². The lowest BCUT2D eigenvalue weighted by Crippen LogP contribution is -2.09. The maximum absolute atomic E-state index is 11.8. The molecule has 0 aliphatic heterocycles. The monoisotopic (exact) mass is 332 g/mol. The van der Waals surface area contributed by atoms with E-state index in [0.717, 1.165) is 15.8 Å². The van der Waals surface area contributed by atoms with Gasteiger partial charge in [0.2, 0.25) is 0 Å².